The van der Waals surface area contributed by atoms with Crippen LogP contribution in [0.5, 0.6) is 0 Å². The molecular formula is C12H24O. The molecule has 2 rings (SSSR count). The molecule has 0 spiro atoms. The first kappa shape index (κ1) is 11.0. The van der Waals surface area contributed by atoms with Crippen LogP contribution in [0.3, 0.4) is 0 Å². The van der Waals surface area contributed by atoms with Crippen LogP contribution in [0.1, 0.15) is 58.3 Å². The molecule has 0 unspecified atom stereocenters. The monoisotopic (exact) mass is 184 g/mol. The van der Waals surface area contributed by atoms with Crippen LogP contribution in [0.2, 0.25) is 0 Å². The minimum Gasteiger partial charge on any atom is -0.381 e. The molecule has 1 heteroatoms. The summed E-state index contributed by atoms with van der Waals surface area (Å²) in [5.41, 5.74) is 0. The molecule has 0 N–H and O–H groups in total. The summed E-state index contributed by atoms with van der Waals surface area (Å²) in [5, 5.41) is 0. The minimum absolute atomic E-state index is 0.911. The second-order valence-corrected chi connectivity index (χ2v) is 4.42. The average molecular weight is 184 g/mol. The lowest BCUT2D eigenvalue weighted by atomic mass is 10.0. The highest BCUT2D eigenvalue weighted by atomic mass is 16.5. The Bertz CT molecular complexity index is 90.2. The first-order chi connectivity index (χ1) is 6.39. The smallest absolute Gasteiger partial charge is 0.0468 e. The third-order valence-electron chi connectivity index (χ3n) is 3.01. The molecule has 13 heavy (non-hydrogen) atoms. The zero-order chi connectivity index (χ0) is 9.36. The molecule has 1 saturated heterocycles. The van der Waals surface area contributed by atoms with Gasteiger partial charge in [0.15, 0.2) is 0 Å². The Morgan fingerprint density at radius 1 is 0.769 bits per heavy atom. The van der Waals surface area contributed by atoms with E-state index in [1.54, 1.807) is 0 Å². The zero-order valence-corrected chi connectivity index (χ0v) is 9.06. The van der Waals surface area contributed by atoms with E-state index in [4.69, 9.17) is 4.74 Å². The molecule has 1 heterocycles. The average Bonchev–Trinajstić information content (AvgIpc) is 2.22. The molecule has 0 aromatic heterocycles. The van der Waals surface area contributed by atoms with Gasteiger partial charge in [0, 0.05) is 13.2 Å². The highest BCUT2D eigenvalue weighted by Crippen LogP contribution is 2.15. The first-order valence-electron chi connectivity index (χ1n) is 5.97. The molecule has 1 saturated carbocycles. The zero-order valence-electron chi connectivity index (χ0n) is 9.06. The van der Waals surface area contributed by atoms with Crippen molar-refractivity contribution >= 4 is 0 Å². The molecule has 0 atom stereocenters. The van der Waals surface area contributed by atoms with Crippen molar-refractivity contribution < 1.29 is 4.74 Å². The molecule has 2 aliphatic rings. The Balaban J connectivity index is 0.000000132. The van der Waals surface area contributed by atoms with Gasteiger partial charge in [-0.1, -0.05) is 45.4 Å². The van der Waals surface area contributed by atoms with Crippen molar-refractivity contribution in [1.82, 2.24) is 0 Å². The molecule has 0 aromatic rings. The predicted octanol–water partition coefficient (Wildman–Crippen LogP) is 3.77. The lowest BCUT2D eigenvalue weighted by molar-refractivity contribution is 0.0716. The van der Waals surface area contributed by atoms with Crippen LogP contribution in [0, 0.1) is 5.92 Å². The van der Waals surface area contributed by atoms with Crippen LogP contribution < -0.4 is 0 Å². The largest absolute Gasteiger partial charge is 0.381 e. The van der Waals surface area contributed by atoms with Gasteiger partial charge in [-0.3, -0.25) is 0 Å². The van der Waals surface area contributed by atoms with Crippen molar-refractivity contribution in [2.45, 2.75) is 58.3 Å². The van der Waals surface area contributed by atoms with Gasteiger partial charge in [0.1, 0.15) is 0 Å². The maximum absolute atomic E-state index is 5.14. The van der Waals surface area contributed by atoms with Gasteiger partial charge in [-0.25, -0.2) is 0 Å². The van der Waals surface area contributed by atoms with Crippen LogP contribution in [-0.2, 0) is 4.74 Å². The second-order valence-electron chi connectivity index (χ2n) is 4.42. The maximum Gasteiger partial charge on any atom is 0.0468 e. The third-order valence-corrected chi connectivity index (χ3v) is 3.01. The summed E-state index contributed by atoms with van der Waals surface area (Å²) in [6, 6.07) is 0. The molecule has 78 valence electrons. The highest BCUT2D eigenvalue weighted by molar-refractivity contribution is 4.55. The van der Waals surface area contributed by atoms with E-state index in [0.717, 1.165) is 19.1 Å². The molecule has 0 bridgehead atoms. The third kappa shape index (κ3) is 6.09. The maximum atomic E-state index is 5.14. The fourth-order valence-corrected chi connectivity index (χ4v) is 1.88. The summed E-state index contributed by atoms with van der Waals surface area (Å²) in [6.07, 6.45) is 11.5. The summed E-state index contributed by atoms with van der Waals surface area (Å²) < 4.78 is 5.14. The fourth-order valence-electron chi connectivity index (χ4n) is 1.88. The van der Waals surface area contributed by atoms with Gasteiger partial charge in [0.05, 0.1) is 0 Å². The Hall–Kier alpha value is -0.0400. The lowest BCUT2D eigenvalue weighted by Crippen LogP contribution is -2.12. The van der Waals surface area contributed by atoms with Gasteiger partial charge in [0.25, 0.3) is 0 Å². The van der Waals surface area contributed by atoms with E-state index in [2.05, 4.69) is 6.92 Å². The van der Waals surface area contributed by atoms with Crippen LogP contribution in [0.25, 0.3) is 0 Å². The van der Waals surface area contributed by atoms with Crippen LogP contribution in [0.4, 0.5) is 0 Å². The number of rotatable bonds is 0. The van der Waals surface area contributed by atoms with E-state index in [1.165, 1.54) is 51.4 Å². The normalized spacial score (nSPS) is 24.7. The summed E-state index contributed by atoms with van der Waals surface area (Å²) in [6.45, 7) is 4.25. The Labute approximate surface area is 82.9 Å². The summed E-state index contributed by atoms with van der Waals surface area (Å²) in [4.78, 5) is 0. The van der Waals surface area contributed by atoms with E-state index in [9.17, 15) is 0 Å². The predicted molar refractivity (Wildman–Crippen MR) is 56.9 cm³/mol. The number of hydrogen-bond donors (Lipinski definition) is 0. The topological polar surface area (TPSA) is 9.23 Å². The van der Waals surface area contributed by atoms with E-state index >= 15 is 0 Å². The van der Waals surface area contributed by atoms with Crippen molar-refractivity contribution in [3.8, 4) is 0 Å². The SMILES string of the molecule is C1CCCCC1.CC1CCOCC1. The van der Waals surface area contributed by atoms with Crippen LogP contribution in [-0.4, -0.2) is 13.2 Å². The van der Waals surface area contributed by atoms with Gasteiger partial charge in [0.2, 0.25) is 0 Å². The standard InChI is InChI=1S/C6H12O.C6H12/c1-6-2-4-7-5-3-6;1-2-4-6-5-3-1/h6H,2-5H2,1H3;1-6H2. The van der Waals surface area contributed by atoms with Gasteiger partial charge in [-0.05, 0) is 18.8 Å². The van der Waals surface area contributed by atoms with Gasteiger partial charge >= 0.3 is 0 Å². The van der Waals surface area contributed by atoms with Crippen molar-refractivity contribution in [2.24, 2.45) is 5.92 Å². The lowest BCUT2D eigenvalue weighted by Gasteiger charge is -2.16. The molecule has 2 fully saturated rings. The Morgan fingerprint density at radius 2 is 1.15 bits per heavy atom. The van der Waals surface area contributed by atoms with E-state index in [0.29, 0.717) is 0 Å². The highest BCUT2D eigenvalue weighted by Gasteiger charge is 2.06. The van der Waals surface area contributed by atoms with Gasteiger partial charge in [-0.15, -0.1) is 0 Å². The molecule has 0 radical (unpaired) electrons. The molecule has 0 aromatic carbocycles. The molecule has 1 aliphatic carbocycles. The minimum atomic E-state index is 0.911. The molecular weight excluding hydrogens is 160 g/mol. The van der Waals surface area contributed by atoms with E-state index in [-0.39, 0.29) is 0 Å². The second kappa shape index (κ2) is 7.37. The van der Waals surface area contributed by atoms with Crippen LogP contribution >= 0.6 is 0 Å². The van der Waals surface area contributed by atoms with E-state index < -0.39 is 0 Å². The Kier molecular flexibility index (Phi) is 6.26. The molecule has 0 amide bonds. The fraction of sp³-hybridized carbons (Fsp3) is 1.00. The van der Waals surface area contributed by atoms with Gasteiger partial charge in [-0.2, -0.15) is 0 Å². The van der Waals surface area contributed by atoms with Gasteiger partial charge < -0.3 is 4.74 Å². The quantitative estimate of drug-likeness (QED) is 0.557. The Morgan fingerprint density at radius 3 is 1.38 bits per heavy atom. The summed E-state index contributed by atoms with van der Waals surface area (Å²) in [5.74, 6) is 0.911. The van der Waals surface area contributed by atoms with Crippen molar-refractivity contribution in [1.29, 1.82) is 0 Å². The number of ether oxygens (including phenoxy) is 1. The molecule has 1 nitrogen and oxygen atoms in total. The van der Waals surface area contributed by atoms with E-state index in [1.807, 2.05) is 0 Å². The van der Waals surface area contributed by atoms with Crippen molar-refractivity contribution in [3.05, 3.63) is 0 Å². The van der Waals surface area contributed by atoms with Crippen LogP contribution in [0.15, 0.2) is 0 Å². The summed E-state index contributed by atoms with van der Waals surface area (Å²) >= 11 is 0. The van der Waals surface area contributed by atoms with Crippen molar-refractivity contribution in [2.75, 3.05) is 13.2 Å². The first-order valence-corrected chi connectivity index (χ1v) is 5.97. The summed E-state index contributed by atoms with van der Waals surface area (Å²) in [7, 11) is 0. The molecule has 1 aliphatic heterocycles. The van der Waals surface area contributed by atoms with Crippen molar-refractivity contribution in [3.63, 3.8) is 0 Å². The number of hydrogen-bond acceptors (Lipinski definition) is 1.